The van der Waals surface area contributed by atoms with Crippen LogP contribution in [0.2, 0.25) is 0 Å². The molecule has 0 spiro atoms. The quantitative estimate of drug-likeness (QED) is 0.872. The van der Waals surface area contributed by atoms with Gasteiger partial charge in [-0.2, -0.15) is 0 Å². The van der Waals surface area contributed by atoms with Crippen LogP contribution in [0.4, 0.5) is 5.69 Å². The van der Waals surface area contributed by atoms with E-state index >= 15 is 0 Å². The molecule has 0 aromatic heterocycles. The zero-order valence-corrected chi connectivity index (χ0v) is 13.1. The molecule has 110 valence electrons. The third kappa shape index (κ3) is 2.68. The Hall–Kier alpha value is -1.81. The Morgan fingerprint density at radius 2 is 1.76 bits per heavy atom. The average Bonchev–Trinajstić information content (AvgIpc) is 2.77. The Bertz CT molecular complexity index is 751. The molecule has 1 aliphatic rings. The Morgan fingerprint density at radius 1 is 1.10 bits per heavy atom. The molecule has 0 bridgehead atoms. The van der Waals surface area contributed by atoms with Gasteiger partial charge in [-0.05, 0) is 37.5 Å². The van der Waals surface area contributed by atoms with Gasteiger partial charge in [0.25, 0.3) is 0 Å². The van der Waals surface area contributed by atoms with E-state index in [1.807, 2.05) is 62.4 Å². The van der Waals surface area contributed by atoms with E-state index in [1.54, 1.807) is 4.31 Å². The molecule has 4 heteroatoms. The van der Waals surface area contributed by atoms with E-state index in [-0.39, 0.29) is 11.8 Å². The molecule has 21 heavy (non-hydrogen) atoms. The second-order valence-corrected chi connectivity index (χ2v) is 7.57. The molecule has 2 aromatic rings. The van der Waals surface area contributed by atoms with Crippen molar-refractivity contribution in [2.75, 3.05) is 4.31 Å². The van der Waals surface area contributed by atoms with Crippen molar-refractivity contribution in [2.45, 2.75) is 32.1 Å². The summed E-state index contributed by atoms with van der Waals surface area (Å²) >= 11 is 0. The number of fused-ring (bicyclic) bond motifs is 1. The van der Waals surface area contributed by atoms with E-state index in [0.717, 1.165) is 28.8 Å². The summed E-state index contributed by atoms with van der Waals surface area (Å²) in [5.41, 5.74) is 3.91. The zero-order chi connectivity index (χ0) is 15.0. The number of hydrogen-bond donors (Lipinski definition) is 0. The molecule has 0 saturated heterocycles. The fourth-order valence-corrected chi connectivity index (χ4v) is 4.78. The number of rotatable bonds is 3. The molecule has 1 atom stereocenters. The number of anilines is 1. The molecule has 1 heterocycles. The van der Waals surface area contributed by atoms with E-state index in [1.165, 1.54) is 0 Å². The van der Waals surface area contributed by atoms with Crippen molar-refractivity contribution in [2.24, 2.45) is 0 Å². The summed E-state index contributed by atoms with van der Waals surface area (Å²) in [5.74, 6) is 0.0476. The molecule has 3 rings (SSSR count). The average molecular weight is 301 g/mol. The summed E-state index contributed by atoms with van der Waals surface area (Å²) in [4.78, 5) is 0. The lowest BCUT2D eigenvalue weighted by molar-refractivity contribution is 0.583. The topological polar surface area (TPSA) is 37.4 Å². The lowest BCUT2D eigenvalue weighted by Gasteiger charge is -2.24. The first-order valence-electron chi connectivity index (χ1n) is 7.13. The Morgan fingerprint density at radius 3 is 2.48 bits per heavy atom. The van der Waals surface area contributed by atoms with Crippen LogP contribution in [0.5, 0.6) is 0 Å². The van der Waals surface area contributed by atoms with Gasteiger partial charge >= 0.3 is 0 Å². The van der Waals surface area contributed by atoms with E-state index in [2.05, 4.69) is 0 Å². The fourth-order valence-electron chi connectivity index (χ4n) is 2.93. The molecule has 1 unspecified atom stereocenters. The lowest BCUT2D eigenvalue weighted by Crippen LogP contribution is -2.36. The summed E-state index contributed by atoms with van der Waals surface area (Å²) in [6.45, 7) is 3.96. The SMILES string of the molecule is Cc1ccc(CS(=O)(=O)N2c3ccccc3CC2C)cc1. The van der Waals surface area contributed by atoms with Crippen LogP contribution >= 0.6 is 0 Å². The molecule has 0 saturated carbocycles. The van der Waals surface area contributed by atoms with Gasteiger partial charge in [-0.3, -0.25) is 4.31 Å². The van der Waals surface area contributed by atoms with Crippen LogP contribution in [0.3, 0.4) is 0 Å². The maximum absolute atomic E-state index is 12.8. The van der Waals surface area contributed by atoms with Gasteiger partial charge in [-0.15, -0.1) is 0 Å². The van der Waals surface area contributed by atoms with Crippen molar-refractivity contribution in [3.05, 3.63) is 65.2 Å². The summed E-state index contributed by atoms with van der Waals surface area (Å²) in [7, 11) is -3.36. The van der Waals surface area contributed by atoms with Gasteiger partial charge in [0.1, 0.15) is 0 Å². The van der Waals surface area contributed by atoms with E-state index in [9.17, 15) is 8.42 Å². The van der Waals surface area contributed by atoms with E-state index in [0.29, 0.717) is 0 Å². The Labute approximate surface area is 126 Å². The predicted octanol–water partition coefficient (Wildman–Crippen LogP) is 3.28. The third-order valence-electron chi connectivity index (χ3n) is 3.91. The van der Waals surface area contributed by atoms with Gasteiger partial charge in [0.15, 0.2) is 0 Å². The molecule has 0 aliphatic carbocycles. The minimum Gasteiger partial charge on any atom is -0.267 e. The maximum atomic E-state index is 12.8. The molecular formula is C17H19NO2S. The van der Waals surface area contributed by atoms with Gasteiger partial charge < -0.3 is 0 Å². The highest BCUT2D eigenvalue weighted by atomic mass is 32.2. The fraction of sp³-hybridized carbons (Fsp3) is 0.294. The van der Waals surface area contributed by atoms with Crippen LogP contribution in [0.1, 0.15) is 23.6 Å². The lowest BCUT2D eigenvalue weighted by atomic mass is 10.1. The minimum atomic E-state index is -3.36. The molecule has 3 nitrogen and oxygen atoms in total. The minimum absolute atomic E-state index is 0.0159. The van der Waals surface area contributed by atoms with E-state index in [4.69, 9.17) is 0 Å². The molecule has 1 aliphatic heterocycles. The van der Waals surface area contributed by atoms with Crippen LogP contribution in [0, 0.1) is 6.92 Å². The molecular weight excluding hydrogens is 282 g/mol. The first kappa shape index (κ1) is 14.1. The van der Waals surface area contributed by atoms with Gasteiger partial charge in [0, 0.05) is 6.04 Å². The number of hydrogen-bond acceptors (Lipinski definition) is 2. The van der Waals surface area contributed by atoms with Gasteiger partial charge in [0.05, 0.1) is 11.4 Å². The summed E-state index contributed by atoms with van der Waals surface area (Å²) in [6, 6.07) is 15.4. The summed E-state index contributed by atoms with van der Waals surface area (Å²) in [5, 5.41) is 0. The summed E-state index contributed by atoms with van der Waals surface area (Å²) in [6.07, 6.45) is 0.781. The molecule has 0 amide bonds. The van der Waals surface area contributed by atoms with Crippen molar-refractivity contribution in [3.63, 3.8) is 0 Å². The molecule has 0 radical (unpaired) electrons. The van der Waals surface area contributed by atoms with Crippen molar-refractivity contribution in [1.29, 1.82) is 0 Å². The Balaban J connectivity index is 1.93. The molecule has 2 aromatic carbocycles. The van der Waals surface area contributed by atoms with Crippen LogP contribution in [-0.2, 0) is 22.2 Å². The first-order chi connectivity index (χ1) is 9.97. The zero-order valence-electron chi connectivity index (χ0n) is 12.3. The van der Waals surface area contributed by atoms with Gasteiger partial charge in [-0.25, -0.2) is 8.42 Å². The largest absolute Gasteiger partial charge is 0.267 e. The monoisotopic (exact) mass is 301 g/mol. The number of sulfonamides is 1. The third-order valence-corrected chi connectivity index (χ3v) is 5.77. The maximum Gasteiger partial charge on any atom is 0.239 e. The van der Waals surface area contributed by atoms with Crippen molar-refractivity contribution < 1.29 is 8.42 Å². The number of aryl methyl sites for hydroxylation is 1. The number of nitrogens with zero attached hydrogens (tertiary/aromatic N) is 1. The highest BCUT2D eigenvalue weighted by Gasteiger charge is 2.34. The highest BCUT2D eigenvalue weighted by Crippen LogP contribution is 2.35. The van der Waals surface area contributed by atoms with Crippen molar-refractivity contribution >= 4 is 15.7 Å². The van der Waals surface area contributed by atoms with Gasteiger partial charge in [0.2, 0.25) is 10.0 Å². The summed E-state index contributed by atoms with van der Waals surface area (Å²) < 4.78 is 27.2. The first-order valence-corrected chi connectivity index (χ1v) is 8.74. The van der Waals surface area contributed by atoms with Crippen LogP contribution in [-0.4, -0.2) is 14.5 Å². The van der Waals surface area contributed by atoms with Crippen LogP contribution in [0.25, 0.3) is 0 Å². The Kier molecular flexibility index (Phi) is 3.49. The second-order valence-electron chi connectivity index (χ2n) is 5.72. The molecule has 0 fully saturated rings. The number of para-hydroxylation sites is 1. The van der Waals surface area contributed by atoms with Crippen LogP contribution in [0.15, 0.2) is 48.5 Å². The van der Waals surface area contributed by atoms with E-state index < -0.39 is 10.0 Å². The smallest absolute Gasteiger partial charge is 0.239 e. The predicted molar refractivity (Wildman–Crippen MR) is 85.9 cm³/mol. The van der Waals surface area contributed by atoms with Gasteiger partial charge in [-0.1, -0.05) is 48.0 Å². The van der Waals surface area contributed by atoms with Crippen molar-refractivity contribution in [1.82, 2.24) is 0 Å². The second kappa shape index (κ2) is 5.19. The highest BCUT2D eigenvalue weighted by molar-refractivity contribution is 7.92. The van der Waals surface area contributed by atoms with Crippen molar-refractivity contribution in [3.8, 4) is 0 Å². The van der Waals surface area contributed by atoms with Crippen LogP contribution < -0.4 is 4.31 Å². The number of benzene rings is 2. The standard InChI is InChI=1S/C17H19NO2S/c1-13-7-9-15(10-8-13)12-21(19,20)18-14(2)11-16-5-3-4-6-17(16)18/h3-10,14H,11-12H2,1-2H3. The normalized spacial score (nSPS) is 17.8. The molecule has 0 N–H and O–H groups in total.